The minimum Gasteiger partial charge on any atom is -0.490 e. The predicted molar refractivity (Wildman–Crippen MR) is 122 cm³/mol. The monoisotopic (exact) mass is 528 g/mol. The molecule has 3 rings (SSSR count). The lowest BCUT2D eigenvalue weighted by molar-refractivity contribution is 0.0967. The number of amides is 3. The molecule has 2 atom stereocenters. The number of ether oxygens (including phenoxy) is 1. The molecule has 2 N–H and O–H groups in total. The second-order valence-electron chi connectivity index (χ2n) is 6.65. The normalized spacial score (nSPS) is 19.2. The fourth-order valence-corrected chi connectivity index (χ4v) is 4.65. The van der Waals surface area contributed by atoms with Gasteiger partial charge in [0.15, 0.2) is 5.75 Å². The van der Waals surface area contributed by atoms with E-state index in [1.54, 1.807) is 6.07 Å². The van der Waals surface area contributed by atoms with Crippen molar-refractivity contribution in [2.45, 2.75) is 11.3 Å². The van der Waals surface area contributed by atoms with Gasteiger partial charge in [-0.1, -0.05) is 59.4 Å². The Morgan fingerprint density at radius 2 is 1.57 bits per heavy atom. The van der Waals surface area contributed by atoms with Gasteiger partial charge in [-0.05, 0) is 30.2 Å². The number of alkyl halides is 2. The molecule has 2 aromatic rings. The van der Waals surface area contributed by atoms with E-state index in [0.29, 0.717) is 0 Å². The Hall–Kier alpha value is -1.08. The summed E-state index contributed by atoms with van der Waals surface area (Å²) in [6.45, 7) is 2.16. The Kier molecular flexibility index (Phi) is 7.22. The van der Waals surface area contributed by atoms with Gasteiger partial charge in [0.25, 0.3) is 5.91 Å². The first-order valence-electron chi connectivity index (χ1n) is 8.58. The summed E-state index contributed by atoms with van der Waals surface area (Å²) in [6, 6.07) is 6.59. The summed E-state index contributed by atoms with van der Waals surface area (Å²) in [5.74, 6) is -0.470. The van der Waals surface area contributed by atoms with Gasteiger partial charge in [-0.3, -0.25) is 10.1 Å². The first kappa shape index (κ1) is 23.6. The van der Waals surface area contributed by atoms with Crippen molar-refractivity contribution in [2.24, 2.45) is 11.8 Å². The molecule has 1 fully saturated rings. The Balaban J connectivity index is 1.64. The van der Waals surface area contributed by atoms with Crippen LogP contribution in [0.15, 0.2) is 30.3 Å². The van der Waals surface area contributed by atoms with E-state index in [9.17, 15) is 9.59 Å². The maximum atomic E-state index is 12.3. The molecule has 5 nitrogen and oxygen atoms in total. The second kappa shape index (κ2) is 9.19. The van der Waals surface area contributed by atoms with Gasteiger partial charge in [0.1, 0.15) is 4.33 Å². The Bertz CT molecular complexity index is 971. The molecule has 11 heteroatoms. The maximum Gasteiger partial charge on any atom is 0.326 e. The van der Waals surface area contributed by atoms with Crippen LogP contribution in [0.25, 0.3) is 0 Å². The van der Waals surface area contributed by atoms with Crippen LogP contribution in [0, 0.1) is 11.8 Å². The van der Waals surface area contributed by atoms with E-state index in [1.807, 2.05) is 6.92 Å². The number of carbonyl (C=O) groups is 2. The number of hydrogen-bond donors (Lipinski definition) is 2. The molecule has 1 saturated carbocycles. The SMILES string of the molecule is CC1C(COc2c(Cl)cc(NC(=O)NC(=O)c3c(Cl)cccc3Cl)cc2Cl)C1(Cl)Cl. The number of rotatable bonds is 5. The van der Waals surface area contributed by atoms with Crippen LogP contribution in [-0.4, -0.2) is 22.9 Å². The molecular formula is C19H14Cl6N2O3. The summed E-state index contributed by atoms with van der Waals surface area (Å²) >= 11 is 36.6. The average molecular weight is 531 g/mol. The lowest BCUT2D eigenvalue weighted by atomic mass is 10.2. The van der Waals surface area contributed by atoms with E-state index in [-0.39, 0.29) is 55.5 Å². The van der Waals surface area contributed by atoms with Crippen LogP contribution in [0.3, 0.4) is 0 Å². The quantitative estimate of drug-likeness (QED) is 0.406. The lowest BCUT2D eigenvalue weighted by Crippen LogP contribution is -2.34. The molecule has 3 amide bonds. The minimum atomic E-state index is -0.824. The molecule has 1 aliphatic rings. The third-order valence-electron chi connectivity index (χ3n) is 4.68. The van der Waals surface area contributed by atoms with Crippen molar-refractivity contribution in [3.8, 4) is 5.75 Å². The molecule has 160 valence electrons. The van der Waals surface area contributed by atoms with Crippen LogP contribution in [0.1, 0.15) is 17.3 Å². The first-order valence-corrected chi connectivity index (χ1v) is 10.8. The summed E-state index contributed by atoms with van der Waals surface area (Å²) in [5.41, 5.74) is 0.233. The van der Waals surface area contributed by atoms with Gasteiger partial charge in [0.2, 0.25) is 0 Å². The number of nitrogens with one attached hydrogen (secondary N) is 2. The number of anilines is 1. The minimum absolute atomic E-state index is 0.0141. The first-order chi connectivity index (χ1) is 14.0. The number of imide groups is 1. The van der Waals surface area contributed by atoms with E-state index >= 15 is 0 Å². The largest absolute Gasteiger partial charge is 0.490 e. The molecular weight excluding hydrogens is 517 g/mol. The van der Waals surface area contributed by atoms with Crippen molar-refractivity contribution < 1.29 is 14.3 Å². The maximum absolute atomic E-state index is 12.3. The van der Waals surface area contributed by atoms with Crippen LogP contribution in [0.5, 0.6) is 5.75 Å². The summed E-state index contributed by atoms with van der Waals surface area (Å²) in [7, 11) is 0. The molecule has 0 radical (unpaired) electrons. The van der Waals surface area contributed by atoms with Crippen LogP contribution in [0.2, 0.25) is 20.1 Å². The van der Waals surface area contributed by atoms with Crippen LogP contribution in [0.4, 0.5) is 10.5 Å². The predicted octanol–water partition coefficient (Wildman–Crippen LogP) is 7.08. The van der Waals surface area contributed by atoms with Gasteiger partial charge in [0, 0.05) is 11.6 Å². The van der Waals surface area contributed by atoms with Gasteiger partial charge < -0.3 is 10.1 Å². The van der Waals surface area contributed by atoms with Gasteiger partial charge in [-0.25, -0.2) is 4.79 Å². The van der Waals surface area contributed by atoms with E-state index in [2.05, 4.69) is 10.6 Å². The summed E-state index contributed by atoms with van der Waals surface area (Å²) in [4.78, 5) is 24.5. The molecule has 2 unspecified atom stereocenters. The summed E-state index contributed by atoms with van der Waals surface area (Å²) in [5, 5.41) is 5.17. The zero-order valence-corrected chi connectivity index (χ0v) is 19.8. The number of halogens is 6. The van der Waals surface area contributed by atoms with Gasteiger partial charge in [-0.15, -0.1) is 23.2 Å². The molecule has 30 heavy (non-hydrogen) atoms. The number of hydrogen-bond acceptors (Lipinski definition) is 3. The van der Waals surface area contributed by atoms with E-state index < -0.39 is 16.3 Å². The Morgan fingerprint density at radius 3 is 2.07 bits per heavy atom. The molecule has 0 bridgehead atoms. The highest BCUT2D eigenvalue weighted by Gasteiger charge is 2.60. The van der Waals surface area contributed by atoms with Crippen LogP contribution >= 0.6 is 69.6 Å². The van der Waals surface area contributed by atoms with Gasteiger partial charge in [-0.2, -0.15) is 0 Å². The Labute approximate surface area is 202 Å². The smallest absolute Gasteiger partial charge is 0.326 e. The summed E-state index contributed by atoms with van der Waals surface area (Å²) < 4.78 is 4.84. The zero-order valence-electron chi connectivity index (χ0n) is 15.2. The highest BCUT2D eigenvalue weighted by molar-refractivity contribution is 6.51. The summed E-state index contributed by atoms with van der Waals surface area (Å²) in [6.07, 6.45) is 0. The molecule has 0 saturated heterocycles. The highest BCUT2D eigenvalue weighted by atomic mass is 35.5. The van der Waals surface area contributed by atoms with Crippen molar-refractivity contribution in [1.82, 2.24) is 5.32 Å². The molecule has 0 spiro atoms. The number of urea groups is 1. The van der Waals surface area contributed by atoms with E-state index in [4.69, 9.17) is 74.3 Å². The molecule has 0 aromatic heterocycles. The number of carbonyl (C=O) groups excluding carboxylic acids is 2. The topological polar surface area (TPSA) is 67.4 Å². The molecule has 0 aliphatic heterocycles. The van der Waals surface area contributed by atoms with Gasteiger partial charge >= 0.3 is 6.03 Å². The number of benzene rings is 2. The van der Waals surface area contributed by atoms with Crippen LogP contribution < -0.4 is 15.4 Å². The van der Waals surface area contributed by atoms with Crippen molar-refractivity contribution in [3.63, 3.8) is 0 Å². The van der Waals surface area contributed by atoms with Crippen molar-refractivity contribution in [2.75, 3.05) is 11.9 Å². The van der Waals surface area contributed by atoms with Crippen molar-refractivity contribution in [1.29, 1.82) is 0 Å². The van der Waals surface area contributed by atoms with E-state index in [0.717, 1.165) is 0 Å². The van der Waals surface area contributed by atoms with Crippen molar-refractivity contribution in [3.05, 3.63) is 56.0 Å². The lowest BCUT2D eigenvalue weighted by Gasteiger charge is -2.13. The molecule has 1 aliphatic carbocycles. The highest BCUT2D eigenvalue weighted by Crippen LogP contribution is 2.59. The third-order valence-corrected chi connectivity index (χ3v) is 7.12. The third kappa shape index (κ3) is 5.04. The average Bonchev–Trinajstić information content (AvgIpc) is 3.10. The van der Waals surface area contributed by atoms with Gasteiger partial charge in [0.05, 0.1) is 32.3 Å². The second-order valence-corrected chi connectivity index (χ2v) is 9.73. The fourth-order valence-electron chi connectivity index (χ4n) is 2.80. The zero-order chi connectivity index (χ0) is 22.2. The standard InChI is InChI=1S/C19H14Cl6N2O3/c1-8-10(19(8,24)25)7-30-16-13(22)5-9(6-14(16)23)26-18(29)27-17(28)15-11(20)3-2-4-12(15)21/h2-6,8,10H,7H2,1H3,(H2,26,27,28,29). The van der Waals surface area contributed by atoms with Crippen molar-refractivity contribution >= 4 is 87.2 Å². The molecule has 2 aromatic carbocycles. The fraction of sp³-hybridized carbons (Fsp3) is 0.263. The Morgan fingerprint density at radius 1 is 1.03 bits per heavy atom. The van der Waals surface area contributed by atoms with E-state index in [1.165, 1.54) is 24.3 Å². The molecule has 0 heterocycles. The van der Waals surface area contributed by atoms with Crippen LogP contribution in [-0.2, 0) is 0 Å².